The molecule has 0 radical (unpaired) electrons. The maximum atomic E-state index is 12.5. The third-order valence-corrected chi connectivity index (χ3v) is 5.21. The molecule has 0 unspecified atom stereocenters. The number of ketones is 2. The monoisotopic (exact) mass is 378 g/mol. The number of carbonyl (C=O) groups is 2. The van der Waals surface area contributed by atoms with Crippen LogP contribution in [0.5, 0.6) is 0 Å². The number of aliphatic hydroxyl groups is 1. The number of hydrogen-bond acceptors (Lipinski definition) is 6. The molecule has 1 aromatic heterocycles. The molecule has 0 saturated carbocycles. The lowest BCUT2D eigenvalue weighted by Crippen LogP contribution is -2.20. The van der Waals surface area contributed by atoms with E-state index in [0.717, 1.165) is 18.5 Å². The first-order valence-electron chi connectivity index (χ1n) is 9.72. The number of aryl methyl sites for hydroxylation is 2. The lowest BCUT2D eigenvalue weighted by molar-refractivity contribution is -0.115. The molecule has 0 atom stereocenters. The number of nitrogens with zero attached hydrogens (tertiary/aromatic N) is 2. The molecule has 2 aliphatic rings. The third-order valence-electron chi connectivity index (χ3n) is 5.21. The molecule has 2 aliphatic carbocycles. The first-order chi connectivity index (χ1) is 13.6. The number of aromatic nitrogens is 1. The van der Waals surface area contributed by atoms with Crippen LogP contribution in [0.1, 0.15) is 60.3 Å². The van der Waals surface area contributed by atoms with Gasteiger partial charge in [0.1, 0.15) is 11.5 Å². The van der Waals surface area contributed by atoms with Gasteiger partial charge in [-0.3, -0.25) is 14.6 Å². The minimum Gasteiger partial charge on any atom is -0.511 e. The van der Waals surface area contributed by atoms with Crippen LogP contribution in [0.15, 0.2) is 51.2 Å². The molecule has 1 N–H and O–H groups in total. The molecule has 0 fully saturated rings. The number of aliphatic imine (C=N–C) groups is 1. The predicted molar refractivity (Wildman–Crippen MR) is 104 cm³/mol. The molecule has 0 bridgehead atoms. The Morgan fingerprint density at radius 2 is 1.79 bits per heavy atom. The Bertz CT molecular complexity index is 970. The van der Waals surface area contributed by atoms with Crippen LogP contribution >= 0.6 is 0 Å². The lowest BCUT2D eigenvalue weighted by atomic mass is 9.89. The van der Waals surface area contributed by atoms with Crippen molar-refractivity contribution >= 4 is 23.0 Å². The second-order valence-corrected chi connectivity index (χ2v) is 7.20. The average Bonchev–Trinajstić information content (AvgIpc) is 3.11. The summed E-state index contributed by atoms with van der Waals surface area (Å²) in [6.45, 7) is 0. The van der Waals surface area contributed by atoms with Crippen molar-refractivity contribution in [2.45, 2.75) is 51.4 Å². The van der Waals surface area contributed by atoms with Crippen LogP contribution in [0, 0.1) is 0 Å². The first-order valence-corrected chi connectivity index (χ1v) is 9.72. The van der Waals surface area contributed by atoms with Crippen molar-refractivity contribution in [1.82, 2.24) is 5.16 Å². The van der Waals surface area contributed by atoms with Crippen molar-refractivity contribution in [3.8, 4) is 0 Å². The zero-order chi connectivity index (χ0) is 19.5. The second-order valence-electron chi connectivity index (χ2n) is 7.20. The number of carbonyl (C=O) groups excluding carboxylic acids is 2. The van der Waals surface area contributed by atoms with Crippen LogP contribution < -0.4 is 0 Å². The number of fused-ring (bicyclic) bond motifs is 1. The molecule has 144 valence electrons. The summed E-state index contributed by atoms with van der Waals surface area (Å²) >= 11 is 0. The highest BCUT2D eigenvalue weighted by Crippen LogP contribution is 2.28. The van der Waals surface area contributed by atoms with E-state index in [9.17, 15) is 14.7 Å². The highest BCUT2D eigenvalue weighted by Gasteiger charge is 2.28. The molecular formula is C22H22N2O4. The van der Waals surface area contributed by atoms with Gasteiger partial charge in [-0.2, -0.15) is 0 Å². The van der Waals surface area contributed by atoms with Gasteiger partial charge in [0, 0.05) is 25.7 Å². The summed E-state index contributed by atoms with van der Waals surface area (Å²) in [7, 11) is 0. The smallest absolute Gasteiger partial charge is 0.168 e. The van der Waals surface area contributed by atoms with E-state index in [0.29, 0.717) is 66.8 Å². The van der Waals surface area contributed by atoms with E-state index in [1.807, 2.05) is 30.3 Å². The topological polar surface area (TPSA) is 92.8 Å². The molecule has 1 aromatic carbocycles. The fourth-order valence-corrected chi connectivity index (χ4v) is 3.84. The van der Waals surface area contributed by atoms with Gasteiger partial charge in [0.25, 0.3) is 0 Å². The van der Waals surface area contributed by atoms with Crippen LogP contribution in [-0.4, -0.2) is 27.5 Å². The van der Waals surface area contributed by atoms with Crippen molar-refractivity contribution in [3.05, 3.63) is 58.7 Å². The van der Waals surface area contributed by atoms with Gasteiger partial charge in [0.2, 0.25) is 0 Å². The van der Waals surface area contributed by atoms with Crippen LogP contribution in [0.25, 0.3) is 0 Å². The predicted octanol–water partition coefficient (Wildman–Crippen LogP) is 4.46. The number of para-hydroxylation sites is 1. The Kier molecular flexibility index (Phi) is 5.19. The van der Waals surface area contributed by atoms with Gasteiger partial charge in [0.15, 0.2) is 11.6 Å². The molecule has 0 spiro atoms. The van der Waals surface area contributed by atoms with E-state index >= 15 is 0 Å². The van der Waals surface area contributed by atoms with E-state index in [1.54, 1.807) is 0 Å². The van der Waals surface area contributed by atoms with Gasteiger partial charge in [-0.1, -0.05) is 23.4 Å². The van der Waals surface area contributed by atoms with Gasteiger partial charge >= 0.3 is 0 Å². The van der Waals surface area contributed by atoms with Gasteiger partial charge in [-0.25, -0.2) is 0 Å². The van der Waals surface area contributed by atoms with Crippen molar-refractivity contribution in [3.63, 3.8) is 0 Å². The van der Waals surface area contributed by atoms with Crippen LogP contribution in [-0.2, 0) is 17.6 Å². The molecule has 6 nitrogen and oxygen atoms in total. The van der Waals surface area contributed by atoms with Crippen molar-refractivity contribution in [2.75, 3.05) is 0 Å². The number of benzene rings is 1. The maximum absolute atomic E-state index is 12.5. The highest BCUT2D eigenvalue weighted by molar-refractivity contribution is 6.23. The molecule has 0 amide bonds. The fraction of sp³-hybridized carbons (Fsp3) is 0.364. The Hall–Kier alpha value is -3.02. The number of allylic oxidation sites excluding steroid dienone is 2. The summed E-state index contributed by atoms with van der Waals surface area (Å²) in [5.74, 6) is 0.735. The van der Waals surface area contributed by atoms with Gasteiger partial charge < -0.3 is 9.63 Å². The molecule has 4 rings (SSSR count). The Morgan fingerprint density at radius 1 is 1.04 bits per heavy atom. The first kappa shape index (κ1) is 18.3. The summed E-state index contributed by atoms with van der Waals surface area (Å²) in [5, 5.41) is 14.5. The van der Waals surface area contributed by atoms with Crippen LogP contribution in [0.3, 0.4) is 0 Å². The van der Waals surface area contributed by atoms with Gasteiger partial charge in [-0.05, 0) is 37.8 Å². The summed E-state index contributed by atoms with van der Waals surface area (Å²) in [6.07, 6.45) is 4.39. The number of Topliss-reactive ketones (excluding diaryl/α,β-unsaturated/α-hetero) is 2. The fourth-order valence-electron chi connectivity index (χ4n) is 3.84. The van der Waals surface area contributed by atoms with Crippen LogP contribution in [0.2, 0.25) is 0 Å². The Balaban J connectivity index is 1.66. The van der Waals surface area contributed by atoms with E-state index < -0.39 is 0 Å². The minimum atomic E-state index is -0.0864. The standard InChI is InChI=1S/C22H22N2O4/c25-17-8-4-9-18(26)21(17)15(23-14-6-2-1-3-7-14)12-13-16-22-19(27)10-5-11-20(22)28-24-16/h1-3,6-7,25H,4-5,8-13H2. The number of aliphatic hydroxyl groups excluding tert-OH is 1. The third kappa shape index (κ3) is 3.67. The summed E-state index contributed by atoms with van der Waals surface area (Å²) < 4.78 is 5.36. The maximum Gasteiger partial charge on any atom is 0.168 e. The largest absolute Gasteiger partial charge is 0.511 e. The van der Waals surface area contributed by atoms with Gasteiger partial charge in [0.05, 0.1) is 28.2 Å². The molecule has 28 heavy (non-hydrogen) atoms. The molecule has 2 aromatic rings. The van der Waals surface area contributed by atoms with Crippen molar-refractivity contribution in [1.29, 1.82) is 0 Å². The summed E-state index contributed by atoms with van der Waals surface area (Å²) in [4.78, 5) is 29.4. The molecule has 1 heterocycles. The molecule has 6 heteroatoms. The summed E-state index contributed by atoms with van der Waals surface area (Å²) in [5.41, 5.74) is 2.78. The molecule has 0 aliphatic heterocycles. The van der Waals surface area contributed by atoms with Crippen molar-refractivity contribution in [2.24, 2.45) is 4.99 Å². The Morgan fingerprint density at radius 3 is 2.57 bits per heavy atom. The van der Waals surface area contributed by atoms with Crippen LogP contribution in [0.4, 0.5) is 5.69 Å². The quantitative estimate of drug-likeness (QED) is 0.775. The minimum absolute atomic E-state index is 0.0647. The Labute approximate surface area is 163 Å². The molecule has 0 saturated heterocycles. The lowest BCUT2D eigenvalue weighted by Gasteiger charge is -2.17. The zero-order valence-electron chi connectivity index (χ0n) is 15.6. The molecular weight excluding hydrogens is 356 g/mol. The van der Waals surface area contributed by atoms with E-state index in [2.05, 4.69) is 10.1 Å². The highest BCUT2D eigenvalue weighted by atomic mass is 16.5. The van der Waals surface area contributed by atoms with Crippen molar-refractivity contribution < 1.29 is 19.2 Å². The second kappa shape index (κ2) is 7.92. The van der Waals surface area contributed by atoms with E-state index in [-0.39, 0.29) is 17.3 Å². The SMILES string of the molecule is O=C1CCCC(O)=C1C(CCc1noc2c1C(=O)CCC2)=Nc1ccccc1. The van der Waals surface area contributed by atoms with Gasteiger partial charge in [-0.15, -0.1) is 0 Å². The van der Waals surface area contributed by atoms with E-state index in [1.165, 1.54) is 0 Å². The summed E-state index contributed by atoms with van der Waals surface area (Å²) in [6, 6.07) is 9.35. The average molecular weight is 378 g/mol. The normalized spacial score (nSPS) is 17.8. The van der Waals surface area contributed by atoms with E-state index in [4.69, 9.17) is 4.52 Å². The number of hydrogen-bond donors (Lipinski definition) is 1. The zero-order valence-corrected chi connectivity index (χ0v) is 15.6. The number of rotatable bonds is 5.